The summed E-state index contributed by atoms with van der Waals surface area (Å²) in [5.74, 6) is 2.83. The van der Waals surface area contributed by atoms with Crippen LogP contribution in [0.2, 0.25) is 0 Å². The fraction of sp³-hybridized carbons (Fsp3) is 0.692. The van der Waals surface area contributed by atoms with Crippen molar-refractivity contribution in [3.8, 4) is 0 Å². The summed E-state index contributed by atoms with van der Waals surface area (Å²) in [6, 6.07) is 4.67. The average Bonchev–Trinajstić information content (AvgIpc) is 2.85. The average molecular weight is 222 g/mol. The fourth-order valence-electron chi connectivity index (χ4n) is 2.78. The van der Waals surface area contributed by atoms with Crippen molar-refractivity contribution in [2.24, 2.45) is 5.92 Å². The molecule has 2 heterocycles. The summed E-state index contributed by atoms with van der Waals surface area (Å²) in [4.78, 5) is 2.51. The molecule has 1 saturated heterocycles. The van der Waals surface area contributed by atoms with Crippen LogP contribution in [0.15, 0.2) is 16.5 Å². The van der Waals surface area contributed by atoms with Crippen molar-refractivity contribution in [2.45, 2.75) is 26.3 Å². The third kappa shape index (κ3) is 2.15. The summed E-state index contributed by atoms with van der Waals surface area (Å²) in [6.07, 6.45) is 1.26. The van der Waals surface area contributed by atoms with Gasteiger partial charge in [-0.25, -0.2) is 0 Å². The highest BCUT2D eigenvalue weighted by Gasteiger charge is 2.35. The fourth-order valence-corrected chi connectivity index (χ4v) is 2.78. The zero-order valence-corrected chi connectivity index (χ0v) is 10.5. The van der Waals surface area contributed by atoms with Crippen molar-refractivity contribution in [3.63, 3.8) is 0 Å². The Balaban J connectivity index is 2.18. The second-order valence-corrected chi connectivity index (χ2v) is 4.63. The molecular formula is C13H22N2O. The normalized spacial score (nSPS) is 26.4. The van der Waals surface area contributed by atoms with E-state index in [1.165, 1.54) is 13.0 Å². The van der Waals surface area contributed by atoms with Crippen molar-refractivity contribution >= 4 is 0 Å². The minimum Gasteiger partial charge on any atom is -0.465 e. The summed E-state index contributed by atoms with van der Waals surface area (Å²) in [5, 5.41) is 3.29. The zero-order valence-electron chi connectivity index (χ0n) is 10.5. The minimum atomic E-state index is 0.464. The Morgan fingerprint density at radius 2 is 2.31 bits per heavy atom. The van der Waals surface area contributed by atoms with Gasteiger partial charge in [-0.2, -0.15) is 0 Å². The van der Waals surface area contributed by atoms with Gasteiger partial charge >= 0.3 is 0 Å². The lowest BCUT2D eigenvalue weighted by Gasteiger charge is -2.25. The van der Waals surface area contributed by atoms with Gasteiger partial charge in [-0.15, -0.1) is 0 Å². The molecule has 2 atom stereocenters. The van der Waals surface area contributed by atoms with E-state index in [9.17, 15) is 0 Å². The summed E-state index contributed by atoms with van der Waals surface area (Å²) in [5.41, 5.74) is 0. The Morgan fingerprint density at radius 3 is 2.88 bits per heavy atom. The van der Waals surface area contributed by atoms with Crippen LogP contribution in [-0.4, -0.2) is 31.6 Å². The number of hydrogen-bond acceptors (Lipinski definition) is 3. The first kappa shape index (κ1) is 11.7. The van der Waals surface area contributed by atoms with Gasteiger partial charge in [0.15, 0.2) is 0 Å². The maximum Gasteiger partial charge on any atom is 0.121 e. The van der Waals surface area contributed by atoms with Gasteiger partial charge in [0.05, 0.1) is 6.04 Å². The van der Waals surface area contributed by atoms with Crippen LogP contribution < -0.4 is 5.32 Å². The molecule has 1 N–H and O–H groups in total. The first-order valence-electron chi connectivity index (χ1n) is 6.21. The topological polar surface area (TPSA) is 28.4 Å². The lowest BCUT2D eigenvalue weighted by atomic mass is 9.98. The first-order valence-corrected chi connectivity index (χ1v) is 6.21. The summed E-state index contributed by atoms with van der Waals surface area (Å²) < 4.78 is 5.81. The van der Waals surface area contributed by atoms with E-state index < -0.39 is 0 Å². The molecular weight excluding hydrogens is 200 g/mol. The molecule has 0 amide bonds. The zero-order chi connectivity index (χ0) is 11.5. The van der Waals surface area contributed by atoms with Crippen molar-refractivity contribution < 1.29 is 4.42 Å². The van der Waals surface area contributed by atoms with Gasteiger partial charge in [-0.05, 0) is 58.1 Å². The molecule has 2 rings (SSSR count). The molecule has 3 nitrogen and oxygen atoms in total. The molecule has 3 heteroatoms. The van der Waals surface area contributed by atoms with E-state index in [0.717, 1.165) is 24.6 Å². The van der Waals surface area contributed by atoms with E-state index >= 15 is 0 Å². The van der Waals surface area contributed by atoms with Gasteiger partial charge in [-0.1, -0.05) is 6.92 Å². The number of furan rings is 1. The molecule has 1 aromatic rings. The smallest absolute Gasteiger partial charge is 0.121 e. The lowest BCUT2D eigenvalue weighted by Crippen LogP contribution is -2.28. The number of hydrogen-bond donors (Lipinski definition) is 1. The van der Waals surface area contributed by atoms with E-state index in [1.807, 2.05) is 14.0 Å². The van der Waals surface area contributed by atoms with E-state index in [1.54, 1.807) is 0 Å². The second kappa shape index (κ2) is 5.02. The Labute approximate surface area is 97.8 Å². The molecule has 0 radical (unpaired) electrons. The quantitative estimate of drug-likeness (QED) is 0.846. The van der Waals surface area contributed by atoms with Gasteiger partial charge < -0.3 is 9.73 Å². The summed E-state index contributed by atoms with van der Waals surface area (Å²) >= 11 is 0. The van der Waals surface area contributed by atoms with Crippen LogP contribution in [0.25, 0.3) is 0 Å². The van der Waals surface area contributed by atoms with E-state index in [4.69, 9.17) is 4.42 Å². The molecule has 0 aromatic carbocycles. The standard InChI is InChI=1S/C13H22N2O/c1-4-15-8-7-11(9-14-3)13(15)12-6-5-10(2)16-12/h5-6,11,13-14H,4,7-9H2,1-3H3. The molecule has 16 heavy (non-hydrogen) atoms. The minimum absolute atomic E-state index is 0.464. The van der Waals surface area contributed by atoms with Gasteiger partial charge in [0.25, 0.3) is 0 Å². The third-order valence-corrected chi connectivity index (χ3v) is 3.55. The molecule has 0 saturated carbocycles. The van der Waals surface area contributed by atoms with Crippen molar-refractivity contribution in [2.75, 3.05) is 26.7 Å². The van der Waals surface area contributed by atoms with Crippen LogP contribution in [0.3, 0.4) is 0 Å². The molecule has 90 valence electrons. The van der Waals surface area contributed by atoms with Crippen LogP contribution in [0.1, 0.15) is 30.9 Å². The SMILES string of the molecule is CCN1CCC(CNC)C1c1ccc(C)o1. The van der Waals surface area contributed by atoms with E-state index in [2.05, 4.69) is 29.3 Å². The molecule has 1 aromatic heterocycles. The van der Waals surface area contributed by atoms with E-state index in [-0.39, 0.29) is 0 Å². The van der Waals surface area contributed by atoms with Crippen LogP contribution >= 0.6 is 0 Å². The van der Waals surface area contributed by atoms with Gasteiger partial charge in [0.2, 0.25) is 0 Å². The molecule has 0 aliphatic carbocycles. The molecule has 1 aliphatic rings. The third-order valence-electron chi connectivity index (χ3n) is 3.55. The highest BCUT2D eigenvalue weighted by atomic mass is 16.3. The van der Waals surface area contributed by atoms with Crippen molar-refractivity contribution in [1.82, 2.24) is 10.2 Å². The van der Waals surface area contributed by atoms with Crippen molar-refractivity contribution in [1.29, 1.82) is 0 Å². The predicted molar refractivity (Wildman–Crippen MR) is 65.5 cm³/mol. The molecule has 0 spiro atoms. The maximum atomic E-state index is 5.81. The number of nitrogens with zero attached hydrogens (tertiary/aromatic N) is 1. The number of nitrogens with one attached hydrogen (secondary N) is 1. The molecule has 0 bridgehead atoms. The van der Waals surface area contributed by atoms with Gasteiger partial charge in [0, 0.05) is 0 Å². The molecule has 1 aliphatic heterocycles. The maximum absolute atomic E-state index is 5.81. The molecule has 1 fully saturated rings. The Bertz CT molecular complexity index is 334. The first-order chi connectivity index (χ1) is 7.76. The largest absolute Gasteiger partial charge is 0.465 e. The number of likely N-dealkylation sites (tertiary alicyclic amines) is 1. The van der Waals surface area contributed by atoms with Crippen LogP contribution in [0.5, 0.6) is 0 Å². The predicted octanol–water partition coefficient (Wildman–Crippen LogP) is 2.19. The summed E-state index contributed by atoms with van der Waals surface area (Å²) in [7, 11) is 2.03. The summed E-state index contributed by atoms with van der Waals surface area (Å²) in [6.45, 7) is 7.60. The number of aryl methyl sites for hydroxylation is 1. The van der Waals surface area contributed by atoms with Crippen LogP contribution in [-0.2, 0) is 0 Å². The van der Waals surface area contributed by atoms with E-state index in [0.29, 0.717) is 12.0 Å². The highest BCUT2D eigenvalue weighted by molar-refractivity contribution is 5.13. The lowest BCUT2D eigenvalue weighted by molar-refractivity contribution is 0.205. The molecule has 2 unspecified atom stereocenters. The Morgan fingerprint density at radius 1 is 1.50 bits per heavy atom. The van der Waals surface area contributed by atoms with Crippen LogP contribution in [0.4, 0.5) is 0 Å². The van der Waals surface area contributed by atoms with Gasteiger partial charge in [-0.3, -0.25) is 4.90 Å². The van der Waals surface area contributed by atoms with Crippen molar-refractivity contribution in [3.05, 3.63) is 23.7 Å². The second-order valence-electron chi connectivity index (χ2n) is 4.63. The Hall–Kier alpha value is -0.800. The van der Waals surface area contributed by atoms with Gasteiger partial charge in [0.1, 0.15) is 11.5 Å². The van der Waals surface area contributed by atoms with Crippen LogP contribution in [0, 0.1) is 12.8 Å². The highest BCUT2D eigenvalue weighted by Crippen LogP contribution is 2.37. The Kier molecular flexibility index (Phi) is 3.66. The number of rotatable bonds is 4. The monoisotopic (exact) mass is 222 g/mol.